The van der Waals surface area contributed by atoms with Crippen LogP contribution >= 0.6 is 11.6 Å². The molecule has 0 aliphatic heterocycles. The number of hydrogen-bond acceptors (Lipinski definition) is 3. The second-order valence-corrected chi connectivity index (χ2v) is 5.78. The summed E-state index contributed by atoms with van der Waals surface area (Å²) >= 11 is 5.97. The predicted molar refractivity (Wildman–Crippen MR) is 91.5 cm³/mol. The number of halogens is 1. The minimum Gasteiger partial charge on any atom is -0.483 e. The molecule has 120 valence electrons. The highest BCUT2D eigenvalue weighted by atomic mass is 35.5. The van der Waals surface area contributed by atoms with Crippen LogP contribution in [-0.2, 0) is 4.79 Å². The highest BCUT2D eigenvalue weighted by molar-refractivity contribution is 6.30. The molecular formula is C18H18ClNO3. The van der Waals surface area contributed by atoms with Gasteiger partial charge in [0.2, 0.25) is 0 Å². The van der Waals surface area contributed by atoms with Crippen molar-refractivity contribution < 1.29 is 14.3 Å². The van der Waals surface area contributed by atoms with Crippen LogP contribution in [-0.4, -0.2) is 18.3 Å². The van der Waals surface area contributed by atoms with E-state index in [1.54, 1.807) is 36.4 Å². The van der Waals surface area contributed by atoms with Crippen molar-refractivity contribution in [1.29, 1.82) is 0 Å². The van der Waals surface area contributed by atoms with E-state index in [9.17, 15) is 9.59 Å². The Hall–Kier alpha value is -2.33. The molecule has 0 radical (unpaired) electrons. The summed E-state index contributed by atoms with van der Waals surface area (Å²) in [6.07, 6.45) is 0. The van der Waals surface area contributed by atoms with Gasteiger partial charge in [-0.25, -0.2) is 0 Å². The lowest BCUT2D eigenvalue weighted by atomic mass is 10.1. The van der Waals surface area contributed by atoms with Crippen LogP contribution in [0.25, 0.3) is 0 Å². The standard InChI is InChI=1S/C18H18ClNO3/c1-11-8-15(19)9-12(2)18(11)23-10-17(22)20-16-6-4-14(5-7-16)13(3)21/h4-9H,10H2,1-3H3,(H,20,22). The summed E-state index contributed by atoms with van der Waals surface area (Å²) in [5, 5.41) is 3.37. The van der Waals surface area contributed by atoms with E-state index in [0.29, 0.717) is 22.0 Å². The highest BCUT2D eigenvalue weighted by Gasteiger charge is 2.09. The van der Waals surface area contributed by atoms with Gasteiger partial charge in [-0.3, -0.25) is 9.59 Å². The molecule has 0 saturated heterocycles. The lowest BCUT2D eigenvalue weighted by Crippen LogP contribution is -2.20. The number of aryl methyl sites for hydroxylation is 2. The summed E-state index contributed by atoms with van der Waals surface area (Å²) in [6.45, 7) is 5.16. The molecule has 5 heteroatoms. The fourth-order valence-corrected chi connectivity index (χ4v) is 2.58. The van der Waals surface area contributed by atoms with E-state index in [1.807, 2.05) is 13.8 Å². The summed E-state index contributed by atoms with van der Waals surface area (Å²) in [4.78, 5) is 23.2. The molecule has 0 bridgehead atoms. The van der Waals surface area contributed by atoms with Crippen molar-refractivity contribution in [3.63, 3.8) is 0 Å². The van der Waals surface area contributed by atoms with Gasteiger partial charge in [0.15, 0.2) is 12.4 Å². The molecular weight excluding hydrogens is 314 g/mol. The van der Waals surface area contributed by atoms with Crippen LogP contribution in [0.15, 0.2) is 36.4 Å². The van der Waals surface area contributed by atoms with Crippen molar-refractivity contribution in [2.24, 2.45) is 0 Å². The Bertz CT molecular complexity index is 715. The molecule has 4 nitrogen and oxygen atoms in total. The Morgan fingerprint density at radius 3 is 2.17 bits per heavy atom. The number of amides is 1. The number of Topliss-reactive ketones (excluding diaryl/α,β-unsaturated/α-hetero) is 1. The molecule has 0 fully saturated rings. The second-order valence-electron chi connectivity index (χ2n) is 5.34. The quantitative estimate of drug-likeness (QED) is 0.836. The monoisotopic (exact) mass is 331 g/mol. The van der Waals surface area contributed by atoms with Gasteiger partial charge in [0.05, 0.1) is 0 Å². The largest absolute Gasteiger partial charge is 0.483 e. The Balaban J connectivity index is 1.96. The van der Waals surface area contributed by atoms with Gasteiger partial charge in [0.1, 0.15) is 5.75 Å². The average molecular weight is 332 g/mol. The van der Waals surface area contributed by atoms with Gasteiger partial charge in [-0.2, -0.15) is 0 Å². The third-order valence-electron chi connectivity index (χ3n) is 3.35. The van der Waals surface area contributed by atoms with Gasteiger partial charge < -0.3 is 10.1 Å². The maximum Gasteiger partial charge on any atom is 0.262 e. The van der Waals surface area contributed by atoms with E-state index >= 15 is 0 Å². The Kier molecular flexibility index (Phi) is 5.40. The number of hydrogen-bond donors (Lipinski definition) is 1. The summed E-state index contributed by atoms with van der Waals surface area (Å²) in [5.41, 5.74) is 2.99. The van der Waals surface area contributed by atoms with Gasteiger partial charge >= 0.3 is 0 Å². The van der Waals surface area contributed by atoms with E-state index in [2.05, 4.69) is 5.32 Å². The first-order valence-corrected chi connectivity index (χ1v) is 7.55. The normalized spacial score (nSPS) is 10.3. The molecule has 0 spiro atoms. The first-order chi connectivity index (χ1) is 10.9. The van der Waals surface area contributed by atoms with Gasteiger partial charge in [-0.1, -0.05) is 11.6 Å². The number of carbonyl (C=O) groups excluding carboxylic acids is 2. The van der Waals surface area contributed by atoms with Crippen LogP contribution in [0.1, 0.15) is 28.4 Å². The first kappa shape index (κ1) is 17.0. The maximum absolute atomic E-state index is 12.0. The third kappa shape index (κ3) is 4.57. The molecule has 0 aliphatic carbocycles. The molecule has 2 rings (SSSR count). The number of anilines is 1. The fraction of sp³-hybridized carbons (Fsp3) is 0.222. The van der Waals surface area contributed by atoms with Crippen molar-refractivity contribution in [3.8, 4) is 5.75 Å². The number of carbonyl (C=O) groups is 2. The second kappa shape index (κ2) is 7.29. The molecule has 0 atom stereocenters. The summed E-state index contributed by atoms with van der Waals surface area (Å²) in [7, 11) is 0. The number of ether oxygens (including phenoxy) is 1. The van der Waals surface area contributed by atoms with Crippen molar-refractivity contribution in [2.45, 2.75) is 20.8 Å². The van der Waals surface area contributed by atoms with Gasteiger partial charge in [0.25, 0.3) is 5.91 Å². The molecule has 2 aromatic rings. The van der Waals surface area contributed by atoms with Crippen molar-refractivity contribution in [1.82, 2.24) is 0 Å². The highest BCUT2D eigenvalue weighted by Crippen LogP contribution is 2.27. The smallest absolute Gasteiger partial charge is 0.262 e. The molecule has 1 N–H and O–H groups in total. The third-order valence-corrected chi connectivity index (χ3v) is 3.57. The molecule has 0 aromatic heterocycles. The van der Waals surface area contributed by atoms with E-state index in [0.717, 1.165) is 11.1 Å². The molecule has 0 aliphatic rings. The zero-order valence-electron chi connectivity index (χ0n) is 13.3. The van der Waals surface area contributed by atoms with Crippen LogP contribution in [0.3, 0.4) is 0 Å². The van der Waals surface area contributed by atoms with E-state index in [1.165, 1.54) is 6.92 Å². The summed E-state index contributed by atoms with van der Waals surface area (Å²) < 4.78 is 5.59. The summed E-state index contributed by atoms with van der Waals surface area (Å²) in [6, 6.07) is 10.3. The Morgan fingerprint density at radius 2 is 1.65 bits per heavy atom. The SMILES string of the molecule is CC(=O)c1ccc(NC(=O)COc2c(C)cc(Cl)cc2C)cc1. The topological polar surface area (TPSA) is 55.4 Å². The number of nitrogens with one attached hydrogen (secondary N) is 1. The first-order valence-electron chi connectivity index (χ1n) is 7.17. The van der Waals surface area contributed by atoms with Crippen LogP contribution in [0.5, 0.6) is 5.75 Å². The van der Waals surface area contributed by atoms with Gasteiger partial charge in [-0.15, -0.1) is 0 Å². The van der Waals surface area contributed by atoms with Crippen LogP contribution in [0.2, 0.25) is 5.02 Å². The Labute approximate surface area is 140 Å². The zero-order chi connectivity index (χ0) is 17.0. The lowest BCUT2D eigenvalue weighted by Gasteiger charge is -2.12. The number of benzene rings is 2. The van der Waals surface area contributed by atoms with Crippen LogP contribution < -0.4 is 10.1 Å². The number of rotatable bonds is 5. The summed E-state index contributed by atoms with van der Waals surface area (Å²) in [5.74, 6) is 0.380. The van der Waals surface area contributed by atoms with Gasteiger partial charge in [0, 0.05) is 16.3 Å². The molecule has 0 heterocycles. The van der Waals surface area contributed by atoms with Crippen molar-refractivity contribution >= 4 is 29.0 Å². The van der Waals surface area contributed by atoms with Crippen molar-refractivity contribution in [2.75, 3.05) is 11.9 Å². The minimum absolute atomic E-state index is 0.0140. The number of ketones is 1. The fourth-order valence-electron chi connectivity index (χ4n) is 2.25. The minimum atomic E-state index is -0.269. The van der Waals surface area contributed by atoms with E-state index < -0.39 is 0 Å². The predicted octanol–water partition coefficient (Wildman–Crippen LogP) is 4.18. The average Bonchev–Trinajstić information content (AvgIpc) is 2.46. The molecule has 0 saturated carbocycles. The molecule has 23 heavy (non-hydrogen) atoms. The van der Waals surface area contributed by atoms with E-state index in [4.69, 9.17) is 16.3 Å². The van der Waals surface area contributed by atoms with Crippen LogP contribution in [0, 0.1) is 13.8 Å². The van der Waals surface area contributed by atoms with E-state index in [-0.39, 0.29) is 18.3 Å². The molecule has 1 amide bonds. The molecule has 2 aromatic carbocycles. The lowest BCUT2D eigenvalue weighted by molar-refractivity contribution is -0.118. The Morgan fingerprint density at radius 1 is 1.09 bits per heavy atom. The zero-order valence-corrected chi connectivity index (χ0v) is 14.0. The van der Waals surface area contributed by atoms with Crippen LogP contribution in [0.4, 0.5) is 5.69 Å². The maximum atomic E-state index is 12.0. The van der Waals surface area contributed by atoms with Gasteiger partial charge in [-0.05, 0) is 68.3 Å². The molecule has 0 unspecified atom stereocenters. The van der Waals surface area contributed by atoms with Crippen molar-refractivity contribution in [3.05, 3.63) is 58.1 Å².